The molecule has 1 rings (SSSR count). The second kappa shape index (κ2) is 5.23. The summed E-state index contributed by atoms with van der Waals surface area (Å²) >= 11 is 0. The molecule has 15 heavy (non-hydrogen) atoms. The summed E-state index contributed by atoms with van der Waals surface area (Å²) < 4.78 is 10.2. The fourth-order valence-electron chi connectivity index (χ4n) is 1.09. The van der Waals surface area contributed by atoms with Crippen molar-refractivity contribution in [3.8, 4) is 12.3 Å². The van der Waals surface area contributed by atoms with Crippen molar-refractivity contribution in [2.45, 2.75) is 6.61 Å². The van der Waals surface area contributed by atoms with Gasteiger partial charge in [-0.3, -0.25) is 4.79 Å². The lowest BCUT2D eigenvalue weighted by Gasteiger charge is -2.09. The van der Waals surface area contributed by atoms with Crippen molar-refractivity contribution in [3.63, 3.8) is 0 Å². The third-order valence-corrected chi connectivity index (χ3v) is 1.80. The summed E-state index contributed by atoms with van der Waals surface area (Å²) in [6, 6.07) is 1.62. The number of hydrogen-bond donors (Lipinski definition) is 0. The van der Waals surface area contributed by atoms with Gasteiger partial charge in [0, 0.05) is 14.1 Å². The zero-order valence-corrected chi connectivity index (χ0v) is 8.82. The predicted octanol–water partition coefficient (Wildman–Crippen LogP) is 1.13. The van der Waals surface area contributed by atoms with E-state index in [2.05, 4.69) is 5.92 Å². The normalized spacial score (nSPS) is 9.67. The van der Waals surface area contributed by atoms with Crippen LogP contribution < -0.4 is 0 Å². The van der Waals surface area contributed by atoms with Crippen LogP contribution in [0.1, 0.15) is 16.1 Å². The second-order valence-electron chi connectivity index (χ2n) is 3.15. The summed E-state index contributed by atoms with van der Waals surface area (Å²) in [5.74, 6) is 2.74. The summed E-state index contributed by atoms with van der Waals surface area (Å²) in [6.45, 7) is 0.419. The van der Waals surface area contributed by atoms with E-state index in [0.29, 0.717) is 11.3 Å². The van der Waals surface area contributed by atoms with Gasteiger partial charge in [-0.15, -0.1) is 6.42 Å². The molecular formula is C11H13NO3. The van der Waals surface area contributed by atoms with Gasteiger partial charge in [0.2, 0.25) is 0 Å². The van der Waals surface area contributed by atoms with E-state index < -0.39 is 0 Å². The Morgan fingerprint density at radius 2 is 2.40 bits per heavy atom. The average Bonchev–Trinajstić information content (AvgIpc) is 2.65. The molecule has 1 aromatic rings. The van der Waals surface area contributed by atoms with E-state index in [4.69, 9.17) is 15.6 Å². The molecule has 0 N–H and O–H groups in total. The standard InChI is InChI=1S/C11H13NO3/c1-4-6-14-8-10-9(5-7-15-10)11(13)12(2)3/h1,5,7H,6,8H2,2-3H3. The van der Waals surface area contributed by atoms with Gasteiger partial charge in [0.05, 0.1) is 11.8 Å². The summed E-state index contributed by atoms with van der Waals surface area (Å²) in [4.78, 5) is 13.1. The Hall–Kier alpha value is -1.73. The molecule has 0 unspecified atom stereocenters. The van der Waals surface area contributed by atoms with Crippen LogP contribution in [0.3, 0.4) is 0 Å². The molecule has 0 aromatic carbocycles. The zero-order valence-electron chi connectivity index (χ0n) is 8.82. The molecule has 0 fully saturated rings. The van der Waals surface area contributed by atoms with E-state index in [1.54, 1.807) is 20.2 Å². The molecule has 0 atom stereocenters. The molecule has 1 heterocycles. The SMILES string of the molecule is C#CCOCc1occc1C(=O)N(C)C. The van der Waals surface area contributed by atoms with Gasteiger partial charge in [0.15, 0.2) is 0 Å². The Balaban J connectivity index is 2.70. The minimum absolute atomic E-state index is 0.108. The number of carbonyl (C=O) groups excluding carboxylic acids is 1. The number of carbonyl (C=O) groups is 1. The van der Waals surface area contributed by atoms with Crippen LogP contribution in [0.5, 0.6) is 0 Å². The number of furan rings is 1. The third-order valence-electron chi connectivity index (χ3n) is 1.80. The van der Waals surface area contributed by atoms with E-state index >= 15 is 0 Å². The van der Waals surface area contributed by atoms with Gasteiger partial charge in [-0.05, 0) is 6.07 Å². The molecular weight excluding hydrogens is 194 g/mol. The molecule has 1 aromatic heterocycles. The van der Waals surface area contributed by atoms with Crippen LogP contribution in [0, 0.1) is 12.3 Å². The Bertz CT molecular complexity index is 373. The molecule has 0 radical (unpaired) electrons. The van der Waals surface area contributed by atoms with Crippen LogP contribution in [0.4, 0.5) is 0 Å². The number of amides is 1. The topological polar surface area (TPSA) is 42.7 Å². The Morgan fingerprint density at radius 3 is 3.00 bits per heavy atom. The molecule has 4 nitrogen and oxygen atoms in total. The molecule has 0 bridgehead atoms. The van der Waals surface area contributed by atoms with Gasteiger partial charge >= 0.3 is 0 Å². The maximum absolute atomic E-state index is 11.6. The average molecular weight is 207 g/mol. The van der Waals surface area contributed by atoms with Gasteiger partial charge < -0.3 is 14.1 Å². The lowest BCUT2D eigenvalue weighted by molar-refractivity contribution is 0.0815. The lowest BCUT2D eigenvalue weighted by Crippen LogP contribution is -2.22. The minimum atomic E-state index is -0.108. The fourth-order valence-corrected chi connectivity index (χ4v) is 1.09. The van der Waals surface area contributed by atoms with Crippen LogP contribution in [0.25, 0.3) is 0 Å². The van der Waals surface area contributed by atoms with Crippen molar-refractivity contribution >= 4 is 5.91 Å². The molecule has 4 heteroatoms. The number of hydrogen-bond acceptors (Lipinski definition) is 3. The van der Waals surface area contributed by atoms with Crippen molar-refractivity contribution in [1.82, 2.24) is 4.90 Å². The van der Waals surface area contributed by atoms with E-state index in [9.17, 15) is 4.79 Å². The first-order valence-electron chi connectivity index (χ1n) is 4.46. The maximum Gasteiger partial charge on any atom is 0.256 e. The minimum Gasteiger partial charge on any atom is -0.466 e. The highest BCUT2D eigenvalue weighted by Crippen LogP contribution is 2.13. The molecule has 0 spiro atoms. The smallest absolute Gasteiger partial charge is 0.256 e. The Morgan fingerprint density at radius 1 is 1.67 bits per heavy atom. The molecule has 0 aliphatic carbocycles. The van der Waals surface area contributed by atoms with Crippen LogP contribution in [0.15, 0.2) is 16.7 Å². The highest BCUT2D eigenvalue weighted by molar-refractivity contribution is 5.94. The van der Waals surface area contributed by atoms with E-state index in [-0.39, 0.29) is 19.1 Å². The predicted molar refractivity (Wildman–Crippen MR) is 55.2 cm³/mol. The number of ether oxygens (including phenoxy) is 1. The van der Waals surface area contributed by atoms with Gasteiger partial charge in [-0.2, -0.15) is 0 Å². The van der Waals surface area contributed by atoms with Crippen molar-refractivity contribution < 1.29 is 13.9 Å². The zero-order chi connectivity index (χ0) is 11.3. The van der Waals surface area contributed by atoms with E-state index in [1.807, 2.05) is 0 Å². The molecule has 0 saturated carbocycles. The van der Waals surface area contributed by atoms with E-state index in [0.717, 1.165) is 0 Å². The summed E-state index contributed by atoms with van der Waals surface area (Å²) in [5, 5.41) is 0. The highest BCUT2D eigenvalue weighted by atomic mass is 16.5. The number of rotatable bonds is 4. The van der Waals surface area contributed by atoms with Crippen molar-refractivity contribution in [2.24, 2.45) is 0 Å². The van der Waals surface area contributed by atoms with Crippen molar-refractivity contribution in [2.75, 3.05) is 20.7 Å². The summed E-state index contributed by atoms with van der Waals surface area (Å²) in [5.41, 5.74) is 0.511. The maximum atomic E-state index is 11.6. The monoisotopic (exact) mass is 207 g/mol. The van der Waals surface area contributed by atoms with Crippen molar-refractivity contribution in [1.29, 1.82) is 0 Å². The largest absolute Gasteiger partial charge is 0.466 e. The fraction of sp³-hybridized carbons (Fsp3) is 0.364. The number of terminal acetylenes is 1. The van der Waals surface area contributed by atoms with Crippen molar-refractivity contribution in [3.05, 3.63) is 23.7 Å². The highest BCUT2D eigenvalue weighted by Gasteiger charge is 2.15. The first-order valence-corrected chi connectivity index (χ1v) is 4.46. The van der Waals surface area contributed by atoms with Gasteiger partial charge in [0.1, 0.15) is 19.0 Å². The lowest BCUT2D eigenvalue weighted by atomic mass is 10.2. The quantitative estimate of drug-likeness (QED) is 0.549. The van der Waals surface area contributed by atoms with E-state index in [1.165, 1.54) is 11.2 Å². The summed E-state index contributed by atoms with van der Waals surface area (Å²) in [7, 11) is 3.36. The Kier molecular flexibility index (Phi) is 3.95. The van der Waals surface area contributed by atoms with Gasteiger partial charge in [-0.1, -0.05) is 5.92 Å². The molecule has 0 aliphatic rings. The van der Waals surface area contributed by atoms with Crippen LogP contribution >= 0.6 is 0 Å². The second-order valence-corrected chi connectivity index (χ2v) is 3.15. The molecule has 0 saturated heterocycles. The van der Waals surface area contributed by atoms with Crippen LogP contribution in [0.2, 0.25) is 0 Å². The van der Waals surface area contributed by atoms with Gasteiger partial charge in [-0.25, -0.2) is 0 Å². The molecule has 80 valence electrons. The first kappa shape index (κ1) is 11.3. The first-order chi connectivity index (χ1) is 7.16. The van der Waals surface area contributed by atoms with Gasteiger partial charge in [0.25, 0.3) is 5.91 Å². The molecule has 0 aliphatic heterocycles. The number of nitrogens with zero attached hydrogens (tertiary/aromatic N) is 1. The van der Waals surface area contributed by atoms with Crippen LogP contribution in [-0.2, 0) is 11.3 Å². The van der Waals surface area contributed by atoms with Crippen LogP contribution in [-0.4, -0.2) is 31.5 Å². The molecule has 1 amide bonds. The Labute approximate surface area is 88.8 Å². The summed E-state index contributed by atoms with van der Waals surface area (Å²) in [6.07, 6.45) is 6.50. The third kappa shape index (κ3) is 2.86.